The fourth-order valence-electron chi connectivity index (χ4n) is 1.47. The SMILES string of the molecule is CC(=CC(C)C)CC(=O)CC(C)C. The average Bonchev–Trinajstić information content (AvgIpc) is 1.80. The number of carbonyl (C=O) groups is 1. The van der Waals surface area contributed by atoms with Crippen LogP contribution in [0.1, 0.15) is 47.5 Å². The summed E-state index contributed by atoms with van der Waals surface area (Å²) in [5.74, 6) is 1.40. The first kappa shape index (κ1) is 12.4. The first-order valence-corrected chi connectivity index (χ1v) is 5.10. The molecule has 0 unspecified atom stereocenters. The second-order valence-electron chi connectivity index (χ2n) is 4.57. The number of allylic oxidation sites excluding steroid dienone is 2. The zero-order chi connectivity index (χ0) is 10.4. The van der Waals surface area contributed by atoms with Gasteiger partial charge < -0.3 is 0 Å². The second-order valence-corrected chi connectivity index (χ2v) is 4.57. The van der Waals surface area contributed by atoms with Crippen LogP contribution < -0.4 is 0 Å². The topological polar surface area (TPSA) is 17.1 Å². The minimum Gasteiger partial charge on any atom is -0.299 e. The molecule has 0 N–H and O–H groups in total. The lowest BCUT2D eigenvalue weighted by Gasteiger charge is -2.05. The summed E-state index contributed by atoms with van der Waals surface area (Å²) in [4.78, 5) is 11.4. The van der Waals surface area contributed by atoms with Crippen LogP contribution in [0.25, 0.3) is 0 Å². The highest BCUT2D eigenvalue weighted by Crippen LogP contribution is 2.10. The van der Waals surface area contributed by atoms with Gasteiger partial charge in [0.15, 0.2) is 0 Å². The summed E-state index contributed by atoms with van der Waals surface area (Å²) in [6, 6.07) is 0. The van der Waals surface area contributed by atoms with Crippen LogP contribution in [-0.2, 0) is 4.79 Å². The molecule has 0 atom stereocenters. The molecular formula is C12H22O. The number of hydrogen-bond acceptors (Lipinski definition) is 1. The molecule has 1 nitrogen and oxygen atoms in total. The molecule has 0 heterocycles. The predicted octanol–water partition coefficient (Wildman–Crippen LogP) is 3.59. The molecule has 0 aliphatic heterocycles. The normalized spacial score (nSPS) is 12.7. The highest BCUT2D eigenvalue weighted by molar-refractivity contribution is 5.80. The van der Waals surface area contributed by atoms with E-state index in [0.717, 1.165) is 0 Å². The third-order valence-corrected chi connectivity index (χ3v) is 1.73. The molecular weight excluding hydrogens is 160 g/mol. The number of carbonyl (C=O) groups excluding carboxylic acids is 1. The molecule has 0 radical (unpaired) electrons. The number of rotatable bonds is 5. The van der Waals surface area contributed by atoms with Crippen LogP contribution in [0.15, 0.2) is 11.6 Å². The Labute approximate surface area is 82.2 Å². The fraction of sp³-hybridized carbons (Fsp3) is 0.750. The minimum atomic E-state index is 0.365. The molecule has 0 amide bonds. The predicted molar refractivity (Wildman–Crippen MR) is 57.7 cm³/mol. The molecule has 0 aromatic rings. The van der Waals surface area contributed by atoms with Gasteiger partial charge in [-0.2, -0.15) is 0 Å². The van der Waals surface area contributed by atoms with E-state index in [0.29, 0.717) is 30.5 Å². The summed E-state index contributed by atoms with van der Waals surface area (Å²) in [5, 5.41) is 0. The largest absolute Gasteiger partial charge is 0.299 e. The van der Waals surface area contributed by atoms with Gasteiger partial charge in [-0.15, -0.1) is 0 Å². The lowest BCUT2D eigenvalue weighted by molar-refractivity contribution is -0.119. The van der Waals surface area contributed by atoms with Crippen LogP contribution in [0, 0.1) is 11.8 Å². The first-order valence-electron chi connectivity index (χ1n) is 5.10. The highest BCUT2D eigenvalue weighted by Gasteiger charge is 2.05. The number of hydrogen-bond donors (Lipinski definition) is 0. The van der Waals surface area contributed by atoms with Gasteiger partial charge in [-0.05, 0) is 18.8 Å². The second kappa shape index (κ2) is 5.95. The molecule has 76 valence electrons. The Morgan fingerprint density at radius 3 is 2.15 bits per heavy atom. The number of Topliss-reactive ketones (excluding diaryl/α,β-unsaturated/α-hetero) is 1. The van der Waals surface area contributed by atoms with Crippen LogP contribution in [0.2, 0.25) is 0 Å². The van der Waals surface area contributed by atoms with Gasteiger partial charge in [0.25, 0.3) is 0 Å². The Kier molecular flexibility index (Phi) is 5.68. The summed E-state index contributed by atoms with van der Waals surface area (Å²) in [5.41, 5.74) is 1.21. The van der Waals surface area contributed by atoms with Crippen LogP contribution in [-0.4, -0.2) is 5.78 Å². The van der Waals surface area contributed by atoms with Gasteiger partial charge in [0.2, 0.25) is 0 Å². The summed E-state index contributed by atoms with van der Waals surface area (Å²) in [7, 11) is 0. The van der Waals surface area contributed by atoms with Gasteiger partial charge in [0, 0.05) is 12.8 Å². The fourth-order valence-corrected chi connectivity index (χ4v) is 1.47. The lowest BCUT2D eigenvalue weighted by atomic mass is 10.00. The lowest BCUT2D eigenvalue weighted by Crippen LogP contribution is -2.03. The Morgan fingerprint density at radius 2 is 1.77 bits per heavy atom. The van der Waals surface area contributed by atoms with Gasteiger partial charge in [0.05, 0.1) is 0 Å². The van der Waals surface area contributed by atoms with E-state index < -0.39 is 0 Å². The Morgan fingerprint density at radius 1 is 1.23 bits per heavy atom. The van der Waals surface area contributed by atoms with E-state index in [4.69, 9.17) is 0 Å². The van der Waals surface area contributed by atoms with Crippen LogP contribution in [0.3, 0.4) is 0 Å². The van der Waals surface area contributed by atoms with Crippen molar-refractivity contribution < 1.29 is 4.79 Å². The Balaban J connectivity index is 3.92. The molecule has 0 saturated heterocycles. The van der Waals surface area contributed by atoms with E-state index in [1.165, 1.54) is 5.57 Å². The number of ketones is 1. The third kappa shape index (κ3) is 7.76. The van der Waals surface area contributed by atoms with Crippen molar-refractivity contribution in [2.45, 2.75) is 47.5 Å². The average molecular weight is 182 g/mol. The third-order valence-electron chi connectivity index (χ3n) is 1.73. The van der Waals surface area contributed by atoms with E-state index in [-0.39, 0.29) is 0 Å². The van der Waals surface area contributed by atoms with Gasteiger partial charge in [-0.1, -0.05) is 39.3 Å². The van der Waals surface area contributed by atoms with Crippen molar-refractivity contribution in [1.29, 1.82) is 0 Å². The Hall–Kier alpha value is -0.590. The summed E-state index contributed by atoms with van der Waals surface area (Å²) >= 11 is 0. The molecule has 0 aliphatic carbocycles. The molecule has 0 spiro atoms. The maximum atomic E-state index is 11.4. The van der Waals surface area contributed by atoms with E-state index in [1.54, 1.807) is 0 Å². The van der Waals surface area contributed by atoms with Crippen LogP contribution >= 0.6 is 0 Å². The maximum absolute atomic E-state index is 11.4. The minimum absolute atomic E-state index is 0.365. The van der Waals surface area contributed by atoms with Crippen molar-refractivity contribution in [3.8, 4) is 0 Å². The Bertz CT molecular complexity index is 187. The van der Waals surface area contributed by atoms with Crippen molar-refractivity contribution >= 4 is 5.78 Å². The van der Waals surface area contributed by atoms with Crippen LogP contribution in [0.4, 0.5) is 0 Å². The standard InChI is InChI=1S/C12H22O/c1-9(2)6-11(5)8-12(13)7-10(3)4/h6,9-10H,7-8H2,1-5H3. The van der Waals surface area contributed by atoms with E-state index in [9.17, 15) is 4.79 Å². The van der Waals surface area contributed by atoms with E-state index in [2.05, 4.69) is 33.8 Å². The van der Waals surface area contributed by atoms with E-state index >= 15 is 0 Å². The maximum Gasteiger partial charge on any atom is 0.137 e. The molecule has 1 heteroatoms. The van der Waals surface area contributed by atoms with Gasteiger partial charge in [-0.3, -0.25) is 4.79 Å². The van der Waals surface area contributed by atoms with Crippen LogP contribution in [0.5, 0.6) is 0 Å². The van der Waals surface area contributed by atoms with Gasteiger partial charge in [0.1, 0.15) is 5.78 Å². The highest BCUT2D eigenvalue weighted by atomic mass is 16.1. The van der Waals surface area contributed by atoms with Crippen molar-refractivity contribution in [2.75, 3.05) is 0 Å². The quantitative estimate of drug-likeness (QED) is 0.594. The monoisotopic (exact) mass is 182 g/mol. The summed E-state index contributed by atoms with van der Waals surface area (Å²) in [6.45, 7) is 10.5. The van der Waals surface area contributed by atoms with Crippen molar-refractivity contribution in [1.82, 2.24) is 0 Å². The molecule has 0 fully saturated rings. The molecule has 0 aromatic heterocycles. The molecule has 0 bridgehead atoms. The summed E-state index contributed by atoms with van der Waals surface area (Å²) < 4.78 is 0. The van der Waals surface area contributed by atoms with Crippen molar-refractivity contribution in [2.24, 2.45) is 11.8 Å². The zero-order valence-electron chi connectivity index (χ0n) is 9.55. The van der Waals surface area contributed by atoms with Gasteiger partial charge in [-0.25, -0.2) is 0 Å². The van der Waals surface area contributed by atoms with E-state index in [1.807, 2.05) is 6.92 Å². The van der Waals surface area contributed by atoms with Crippen molar-refractivity contribution in [3.05, 3.63) is 11.6 Å². The molecule has 0 saturated carbocycles. The zero-order valence-corrected chi connectivity index (χ0v) is 9.55. The summed E-state index contributed by atoms with van der Waals surface area (Å²) in [6.07, 6.45) is 3.51. The molecule has 0 aliphatic rings. The van der Waals surface area contributed by atoms with Gasteiger partial charge >= 0.3 is 0 Å². The molecule has 13 heavy (non-hydrogen) atoms. The molecule has 0 aromatic carbocycles. The molecule has 0 rings (SSSR count). The van der Waals surface area contributed by atoms with Crippen molar-refractivity contribution in [3.63, 3.8) is 0 Å². The smallest absolute Gasteiger partial charge is 0.137 e. The first-order chi connectivity index (χ1) is 5.91.